The molecule has 0 saturated heterocycles. The Balaban J connectivity index is 0.00000272. The van der Waals surface area contributed by atoms with Crippen LogP contribution in [0, 0.1) is 5.82 Å². The van der Waals surface area contributed by atoms with Crippen LogP contribution in [0.1, 0.15) is 21.5 Å². The fraction of sp³-hybridized carbons (Fsp3) is 0.167. The Hall–Kier alpha value is -3.19. The molecule has 0 saturated carbocycles. The molecular formula is C24H23BrFN3O2. The number of hydrogen-bond donors (Lipinski definition) is 2. The first-order valence-electron chi connectivity index (χ1n) is 9.78. The lowest BCUT2D eigenvalue weighted by atomic mass is 10.1. The molecule has 0 radical (unpaired) electrons. The minimum atomic E-state index is -0.248. The van der Waals surface area contributed by atoms with E-state index < -0.39 is 0 Å². The molecular weight excluding hydrogens is 461 g/mol. The van der Waals surface area contributed by atoms with Gasteiger partial charge in [0, 0.05) is 41.3 Å². The molecule has 4 aromatic rings. The molecule has 0 unspecified atom stereocenters. The summed E-state index contributed by atoms with van der Waals surface area (Å²) >= 11 is 0. The van der Waals surface area contributed by atoms with Crippen LogP contribution in [0.4, 0.5) is 4.39 Å². The van der Waals surface area contributed by atoms with Crippen molar-refractivity contribution in [2.75, 3.05) is 13.7 Å². The number of H-pyrrole nitrogens is 1. The molecule has 5 nitrogen and oxygen atoms in total. The van der Waals surface area contributed by atoms with Crippen molar-refractivity contribution in [2.45, 2.75) is 13.0 Å². The number of carbonyl (C=O) groups excluding carboxylic acids is 1. The van der Waals surface area contributed by atoms with Gasteiger partial charge in [0.25, 0.3) is 5.91 Å². The zero-order valence-electron chi connectivity index (χ0n) is 17.1. The average molecular weight is 484 g/mol. The van der Waals surface area contributed by atoms with Crippen LogP contribution in [0.2, 0.25) is 0 Å². The summed E-state index contributed by atoms with van der Waals surface area (Å²) in [6.07, 6.45) is 6.39. The molecule has 2 N–H and O–H groups in total. The molecule has 31 heavy (non-hydrogen) atoms. The number of nitrogens with one attached hydrogen (secondary N) is 2. The fourth-order valence-corrected chi connectivity index (χ4v) is 3.42. The van der Waals surface area contributed by atoms with Crippen LogP contribution >= 0.6 is 0 Å². The quantitative estimate of drug-likeness (QED) is 0.379. The summed E-state index contributed by atoms with van der Waals surface area (Å²) < 4.78 is 20.3. The van der Waals surface area contributed by atoms with Gasteiger partial charge in [-0.3, -0.25) is 4.79 Å². The van der Waals surface area contributed by atoms with Crippen LogP contribution in [0.25, 0.3) is 10.9 Å². The lowest BCUT2D eigenvalue weighted by Crippen LogP contribution is -3.00. The van der Waals surface area contributed by atoms with Crippen molar-refractivity contribution in [2.24, 2.45) is 0 Å². The zero-order chi connectivity index (χ0) is 20.9. The highest BCUT2D eigenvalue weighted by atomic mass is 79.9. The second kappa shape index (κ2) is 10.2. The van der Waals surface area contributed by atoms with E-state index >= 15 is 0 Å². The van der Waals surface area contributed by atoms with Crippen LogP contribution in [-0.2, 0) is 13.0 Å². The van der Waals surface area contributed by atoms with Crippen molar-refractivity contribution in [1.29, 1.82) is 0 Å². The van der Waals surface area contributed by atoms with E-state index in [-0.39, 0.29) is 28.7 Å². The third-order valence-corrected chi connectivity index (χ3v) is 5.09. The molecule has 0 aliphatic heterocycles. The van der Waals surface area contributed by atoms with Gasteiger partial charge in [0.1, 0.15) is 11.6 Å². The summed E-state index contributed by atoms with van der Waals surface area (Å²) in [4.78, 5) is 15.7. The molecule has 2 aromatic carbocycles. The molecule has 0 spiro atoms. The average Bonchev–Trinajstić information content (AvgIpc) is 3.18. The maximum atomic E-state index is 13.0. The van der Waals surface area contributed by atoms with Gasteiger partial charge < -0.3 is 32.0 Å². The lowest BCUT2D eigenvalue weighted by Gasteiger charge is -2.05. The number of rotatable bonds is 7. The highest BCUT2D eigenvalue weighted by Gasteiger charge is 2.10. The van der Waals surface area contributed by atoms with Crippen molar-refractivity contribution < 1.29 is 35.5 Å². The Morgan fingerprint density at radius 2 is 1.84 bits per heavy atom. The number of ether oxygens (including phenoxy) is 1. The van der Waals surface area contributed by atoms with Gasteiger partial charge >= 0.3 is 0 Å². The first-order valence-corrected chi connectivity index (χ1v) is 9.78. The fourth-order valence-electron chi connectivity index (χ4n) is 3.42. The number of fused-ring (bicyclic) bond motifs is 1. The number of nitrogens with zero attached hydrogens (tertiary/aromatic N) is 1. The summed E-state index contributed by atoms with van der Waals surface area (Å²) in [7, 11) is 1.65. The number of aromatic nitrogens is 2. The number of halogens is 2. The van der Waals surface area contributed by atoms with Crippen LogP contribution in [0.3, 0.4) is 0 Å². The summed E-state index contributed by atoms with van der Waals surface area (Å²) in [5.74, 6) is 0.453. The largest absolute Gasteiger partial charge is 1.00 e. The third kappa shape index (κ3) is 5.49. The molecule has 7 heteroatoms. The highest BCUT2D eigenvalue weighted by Crippen LogP contribution is 2.23. The van der Waals surface area contributed by atoms with Gasteiger partial charge in [-0.25, -0.2) is 8.96 Å². The predicted octanol–water partition coefficient (Wildman–Crippen LogP) is 0.628. The number of carbonyl (C=O) groups is 1. The van der Waals surface area contributed by atoms with E-state index in [9.17, 15) is 9.18 Å². The van der Waals surface area contributed by atoms with Gasteiger partial charge in [0.15, 0.2) is 18.9 Å². The zero-order valence-corrected chi connectivity index (χ0v) is 18.7. The van der Waals surface area contributed by atoms with E-state index in [1.807, 2.05) is 41.4 Å². The Labute approximate surface area is 190 Å². The van der Waals surface area contributed by atoms with Gasteiger partial charge in [-0.05, 0) is 54.4 Å². The molecule has 0 aliphatic carbocycles. The van der Waals surface area contributed by atoms with Crippen molar-refractivity contribution >= 4 is 16.8 Å². The molecule has 160 valence electrons. The van der Waals surface area contributed by atoms with Gasteiger partial charge in [-0.1, -0.05) is 0 Å². The van der Waals surface area contributed by atoms with Crippen molar-refractivity contribution in [1.82, 2.24) is 10.3 Å². The molecule has 2 heterocycles. The van der Waals surface area contributed by atoms with Gasteiger partial charge in [0.05, 0.1) is 12.7 Å². The highest BCUT2D eigenvalue weighted by molar-refractivity contribution is 5.94. The number of amides is 1. The monoisotopic (exact) mass is 483 g/mol. The molecule has 0 fully saturated rings. The van der Waals surface area contributed by atoms with Crippen LogP contribution in [0.5, 0.6) is 5.75 Å². The maximum Gasteiger partial charge on any atom is 0.251 e. The lowest BCUT2D eigenvalue weighted by molar-refractivity contribution is -0.688. The first kappa shape index (κ1) is 22.5. The molecule has 0 atom stereocenters. The molecule has 0 bridgehead atoms. The topological polar surface area (TPSA) is 58.0 Å². The van der Waals surface area contributed by atoms with E-state index in [1.54, 1.807) is 31.4 Å². The minimum absolute atomic E-state index is 0. The van der Waals surface area contributed by atoms with Crippen LogP contribution in [0.15, 0.2) is 73.2 Å². The Bertz CT molecular complexity index is 1160. The summed E-state index contributed by atoms with van der Waals surface area (Å²) in [5, 5.41) is 4.07. The number of hydrogen-bond acceptors (Lipinski definition) is 2. The normalized spacial score (nSPS) is 10.5. The number of methoxy groups -OCH3 is 1. The van der Waals surface area contributed by atoms with Gasteiger partial charge in [0.2, 0.25) is 0 Å². The molecule has 2 aromatic heterocycles. The second-order valence-electron chi connectivity index (χ2n) is 7.12. The second-order valence-corrected chi connectivity index (χ2v) is 7.12. The van der Waals surface area contributed by atoms with Gasteiger partial charge in [-0.15, -0.1) is 0 Å². The van der Waals surface area contributed by atoms with Gasteiger partial charge in [-0.2, -0.15) is 0 Å². The van der Waals surface area contributed by atoms with Crippen molar-refractivity contribution in [3.63, 3.8) is 0 Å². The molecule has 0 aliphatic rings. The van der Waals surface area contributed by atoms with E-state index in [0.29, 0.717) is 18.7 Å². The van der Waals surface area contributed by atoms with Crippen LogP contribution in [-0.4, -0.2) is 24.5 Å². The van der Waals surface area contributed by atoms with Crippen molar-refractivity contribution in [3.05, 3.63) is 95.7 Å². The SMILES string of the molecule is COc1ccc2[nH]cc(CCNC(=O)c3cc[n+](Cc4ccc(F)cc4)cc3)c2c1.[Br-]. The Morgan fingerprint density at radius 1 is 1.10 bits per heavy atom. The van der Waals surface area contributed by atoms with Crippen molar-refractivity contribution in [3.8, 4) is 5.75 Å². The predicted molar refractivity (Wildman–Crippen MR) is 113 cm³/mol. The number of benzene rings is 2. The third-order valence-electron chi connectivity index (χ3n) is 5.09. The Morgan fingerprint density at radius 3 is 2.55 bits per heavy atom. The van der Waals surface area contributed by atoms with E-state index in [1.165, 1.54) is 12.1 Å². The van der Waals surface area contributed by atoms with Crippen LogP contribution < -0.4 is 31.6 Å². The van der Waals surface area contributed by atoms with E-state index in [0.717, 1.165) is 34.2 Å². The molecule has 4 rings (SSSR count). The standard InChI is InChI=1S/C24H22FN3O2.BrH/c1-30-21-6-7-23-22(14-21)19(15-27-23)8-11-26-24(29)18-9-12-28(13-10-18)16-17-2-4-20(25)5-3-17;/h2-7,9-10,12-15,27H,8,11,16H2,1H3;1H. The Kier molecular flexibility index (Phi) is 7.41. The summed E-state index contributed by atoms with van der Waals surface area (Å²) in [6, 6.07) is 15.9. The van der Waals surface area contributed by atoms with E-state index in [2.05, 4.69) is 10.3 Å². The molecule has 1 amide bonds. The number of aromatic amines is 1. The smallest absolute Gasteiger partial charge is 0.251 e. The maximum absolute atomic E-state index is 13.0. The van der Waals surface area contributed by atoms with E-state index in [4.69, 9.17) is 4.74 Å². The minimum Gasteiger partial charge on any atom is -1.00 e. The number of pyridine rings is 1. The first-order chi connectivity index (χ1) is 14.6. The summed E-state index contributed by atoms with van der Waals surface area (Å²) in [6.45, 7) is 1.15. The summed E-state index contributed by atoms with van der Waals surface area (Å²) in [5.41, 5.74) is 3.78.